The number of amides is 2. The number of rotatable bonds is 6. The molecule has 1 saturated heterocycles. The quantitative estimate of drug-likeness (QED) is 0.826. The van der Waals surface area contributed by atoms with Crippen molar-refractivity contribution in [3.8, 4) is 5.75 Å². The molecule has 0 spiro atoms. The molecule has 2 amide bonds. The molecule has 3 rings (SSSR count). The third-order valence-corrected chi connectivity index (χ3v) is 5.14. The average molecular weight is 388 g/mol. The van der Waals surface area contributed by atoms with Crippen molar-refractivity contribution in [1.82, 2.24) is 15.1 Å². The number of urea groups is 1. The molecular formula is C21H26ClN3O2. The summed E-state index contributed by atoms with van der Waals surface area (Å²) in [4.78, 5) is 16.6. The molecule has 0 saturated carbocycles. The molecule has 6 heteroatoms. The van der Waals surface area contributed by atoms with Crippen molar-refractivity contribution in [2.45, 2.75) is 13.0 Å². The number of hydrogen-bond acceptors (Lipinski definition) is 3. The fourth-order valence-corrected chi connectivity index (χ4v) is 3.27. The number of carbonyl (C=O) groups excluding carboxylic acids is 1. The van der Waals surface area contributed by atoms with Crippen LogP contribution in [0.5, 0.6) is 5.75 Å². The predicted molar refractivity (Wildman–Crippen MR) is 108 cm³/mol. The molecule has 1 N–H and O–H groups in total. The second-order valence-electron chi connectivity index (χ2n) is 6.71. The number of methoxy groups -OCH3 is 1. The molecule has 0 bridgehead atoms. The van der Waals surface area contributed by atoms with Gasteiger partial charge in [0, 0.05) is 44.3 Å². The molecule has 5 nitrogen and oxygen atoms in total. The molecule has 0 aromatic heterocycles. The van der Waals surface area contributed by atoms with E-state index >= 15 is 0 Å². The first-order chi connectivity index (χ1) is 13.1. The van der Waals surface area contributed by atoms with E-state index < -0.39 is 0 Å². The lowest BCUT2D eigenvalue weighted by Crippen LogP contribution is -2.51. The van der Waals surface area contributed by atoms with Crippen LogP contribution in [0.15, 0.2) is 48.5 Å². The number of benzene rings is 2. The zero-order valence-electron chi connectivity index (χ0n) is 15.7. The van der Waals surface area contributed by atoms with Gasteiger partial charge in [0.1, 0.15) is 5.75 Å². The zero-order chi connectivity index (χ0) is 19.1. The Kier molecular flexibility index (Phi) is 6.96. The third kappa shape index (κ3) is 5.88. The van der Waals surface area contributed by atoms with Gasteiger partial charge in [-0.15, -0.1) is 0 Å². The standard InChI is InChI=1S/C21H26ClN3O2/c1-27-20-8-4-17(5-9-20)10-11-24-12-14-25(15-13-24)21(26)23-16-18-2-6-19(22)7-3-18/h2-9H,10-16H2,1H3,(H,23,26). The fourth-order valence-electron chi connectivity index (χ4n) is 3.15. The van der Waals surface area contributed by atoms with Crippen LogP contribution in [0.3, 0.4) is 0 Å². The van der Waals surface area contributed by atoms with Crippen molar-refractivity contribution in [3.05, 3.63) is 64.7 Å². The highest BCUT2D eigenvalue weighted by Crippen LogP contribution is 2.13. The highest BCUT2D eigenvalue weighted by Gasteiger charge is 2.20. The largest absolute Gasteiger partial charge is 0.497 e. The van der Waals surface area contributed by atoms with Crippen LogP contribution in [-0.2, 0) is 13.0 Å². The van der Waals surface area contributed by atoms with Crippen molar-refractivity contribution in [2.75, 3.05) is 39.8 Å². The van der Waals surface area contributed by atoms with E-state index in [4.69, 9.17) is 16.3 Å². The summed E-state index contributed by atoms with van der Waals surface area (Å²) in [5, 5.41) is 3.69. The number of halogens is 1. The van der Waals surface area contributed by atoms with Crippen LogP contribution in [0.2, 0.25) is 5.02 Å². The molecule has 0 radical (unpaired) electrons. The molecule has 0 unspecified atom stereocenters. The highest BCUT2D eigenvalue weighted by atomic mass is 35.5. The Labute approximate surface area is 165 Å². The molecule has 1 heterocycles. The van der Waals surface area contributed by atoms with E-state index in [-0.39, 0.29) is 6.03 Å². The van der Waals surface area contributed by atoms with Gasteiger partial charge in [-0.25, -0.2) is 4.79 Å². The van der Waals surface area contributed by atoms with Gasteiger partial charge in [-0.3, -0.25) is 4.90 Å². The van der Waals surface area contributed by atoms with Crippen molar-refractivity contribution >= 4 is 17.6 Å². The van der Waals surface area contributed by atoms with Crippen molar-refractivity contribution < 1.29 is 9.53 Å². The summed E-state index contributed by atoms with van der Waals surface area (Å²) in [7, 11) is 1.68. The van der Waals surface area contributed by atoms with Crippen molar-refractivity contribution in [1.29, 1.82) is 0 Å². The molecule has 0 aliphatic carbocycles. The van der Waals surface area contributed by atoms with Gasteiger partial charge in [0.15, 0.2) is 0 Å². The summed E-state index contributed by atoms with van der Waals surface area (Å²) < 4.78 is 5.19. The van der Waals surface area contributed by atoms with E-state index in [0.29, 0.717) is 11.6 Å². The van der Waals surface area contributed by atoms with Gasteiger partial charge in [0.25, 0.3) is 0 Å². The highest BCUT2D eigenvalue weighted by molar-refractivity contribution is 6.30. The van der Waals surface area contributed by atoms with E-state index in [1.807, 2.05) is 41.3 Å². The topological polar surface area (TPSA) is 44.8 Å². The zero-order valence-corrected chi connectivity index (χ0v) is 16.4. The summed E-state index contributed by atoms with van der Waals surface area (Å²) in [5.74, 6) is 0.886. The number of ether oxygens (including phenoxy) is 1. The van der Waals surface area contributed by atoms with Crippen LogP contribution in [0.25, 0.3) is 0 Å². The minimum atomic E-state index is -0.000227. The molecule has 27 heavy (non-hydrogen) atoms. The monoisotopic (exact) mass is 387 g/mol. The first kappa shape index (κ1) is 19.5. The van der Waals surface area contributed by atoms with Crippen molar-refractivity contribution in [3.63, 3.8) is 0 Å². The smallest absolute Gasteiger partial charge is 0.317 e. The molecule has 2 aromatic rings. The Hall–Kier alpha value is -2.24. The summed E-state index contributed by atoms with van der Waals surface area (Å²) in [6, 6.07) is 15.8. The SMILES string of the molecule is COc1ccc(CCN2CCN(C(=O)NCc3ccc(Cl)cc3)CC2)cc1. The summed E-state index contributed by atoms with van der Waals surface area (Å²) in [6.45, 7) is 4.86. The Bertz CT molecular complexity index is 726. The second-order valence-corrected chi connectivity index (χ2v) is 7.15. The van der Waals surface area contributed by atoms with Gasteiger partial charge in [0.2, 0.25) is 0 Å². The van der Waals surface area contributed by atoms with Gasteiger partial charge in [-0.1, -0.05) is 35.9 Å². The van der Waals surface area contributed by atoms with E-state index in [9.17, 15) is 4.79 Å². The number of nitrogens with one attached hydrogen (secondary N) is 1. The van der Waals surface area contributed by atoms with Gasteiger partial charge in [-0.2, -0.15) is 0 Å². The average Bonchev–Trinajstić information content (AvgIpc) is 2.72. The fraction of sp³-hybridized carbons (Fsp3) is 0.381. The van der Waals surface area contributed by atoms with Crippen molar-refractivity contribution in [2.24, 2.45) is 0 Å². The normalized spacial score (nSPS) is 14.8. The third-order valence-electron chi connectivity index (χ3n) is 4.89. The Morgan fingerprint density at radius 3 is 2.26 bits per heavy atom. The van der Waals surface area contributed by atoms with Crippen LogP contribution in [0, 0.1) is 0 Å². The van der Waals surface area contributed by atoms with Gasteiger partial charge >= 0.3 is 6.03 Å². The lowest BCUT2D eigenvalue weighted by Gasteiger charge is -2.34. The summed E-state index contributed by atoms with van der Waals surface area (Å²) in [6.07, 6.45) is 1.01. The van der Waals surface area contributed by atoms with Crippen LogP contribution in [0.4, 0.5) is 4.79 Å². The predicted octanol–water partition coefficient (Wildman–Crippen LogP) is 3.42. The summed E-state index contributed by atoms with van der Waals surface area (Å²) >= 11 is 5.88. The van der Waals surface area contributed by atoms with Crippen LogP contribution in [-0.4, -0.2) is 55.7 Å². The van der Waals surface area contributed by atoms with Gasteiger partial charge in [-0.05, 0) is 41.8 Å². The second kappa shape index (κ2) is 9.62. The molecule has 1 aliphatic rings. The molecule has 1 aliphatic heterocycles. The lowest BCUT2D eigenvalue weighted by molar-refractivity contribution is 0.140. The summed E-state index contributed by atoms with van der Waals surface area (Å²) in [5.41, 5.74) is 2.35. The molecule has 0 atom stereocenters. The van der Waals surface area contributed by atoms with E-state index in [1.165, 1.54) is 5.56 Å². The first-order valence-corrected chi connectivity index (χ1v) is 9.64. The van der Waals surface area contributed by atoms with E-state index in [1.54, 1.807) is 7.11 Å². The van der Waals surface area contributed by atoms with Crippen LogP contribution in [0.1, 0.15) is 11.1 Å². The Morgan fingerprint density at radius 1 is 1.00 bits per heavy atom. The number of nitrogens with zero attached hydrogens (tertiary/aromatic N) is 2. The molecular weight excluding hydrogens is 362 g/mol. The number of carbonyl (C=O) groups is 1. The Morgan fingerprint density at radius 2 is 1.63 bits per heavy atom. The molecule has 144 valence electrons. The molecule has 2 aromatic carbocycles. The Balaban J connectivity index is 1.37. The molecule has 1 fully saturated rings. The van der Waals surface area contributed by atoms with E-state index in [2.05, 4.69) is 22.3 Å². The minimum Gasteiger partial charge on any atom is -0.497 e. The maximum atomic E-state index is 12.3. The number of piperazine rings is 1. The van der Waals surface area contributed by atoms with Crippen LogP contribution >= 0.6 is 11.6 Å². The lowest BCUT2D eigenvalue weighted by atomic mass is 10.1. The van der Waals surface area contributed by atoms with Crippen LogP contribution < -0.4 is 10.1 Å². The maximum absolute atomic E-state index is 12.3. The van der Waals surface area contributed by atoms with Gasteiger partial charge < -0.3 is 15.0 Å². The van der Waals surface area contributed by atoms with Gasteiger partial charge in [0.05, 0.1) is 7.11 Å². The maximum Gasteiger partial charge on any atom is 0.317 e. The minimum absolute atomic E-state index is 0.000227. The van der Waals surface area contributed by atoms with E-state index in [0.717, 1.165) is 50.5 Å². The first-order valence-electron chi connectivity index (χ1n) is 9.26. The number of hydrogen-bond donors (Lipinski definition) is 1.